The molecule has 0 spiro atoms. The van der Waals surface area contributed by atoms with E-state index in [1.165, 1.54) is 12.1 Å². The molecule has 0 bridgehead atoms. The monoisotopic (exact) mass is 486 g/mol. The van der Waals surface area contributed by atoms with E-state index in [0.717, 1.165) is 0 Å². The molecule has 0 saturated carbocycles. The minimum atomic E-state index is -0.621. The van der Waals surface area contributed by atoms with E-state index in [2.05, 4.69) is 12.1 Å². The number of rotatable bonds is 6. The molecule has 0 N–H and O–H groups in total. The molecule has 0 heterocycles. The van der Waals surface area contributed by atoms with Crippen LogP contribution in [0.4, 0.5) is 8.78 Å². The van der Waals surface area contributed by atoms with E-state index < -0.39 is 11.6 Å². The van der Waals surface area contributed by atoms with Crippen LogP contribution in [0.3, 0.4) is 0 Å². The first-order valence-corrected chi connectivity index (χ1v) is 6.96. The van der Waals surface area contributed by atoms with E-state index in [0.29, 0.717) is 17.7 Å². The second-order valence-electron chi connectivity index (χ2n) is 4.41. The minimum absolute atomic E-state index is 0. The first kappa shape index (κ1) is 19.4. The molecular formula is C18H16F2O2W. The van der Waals surface area contributed by atoms with Gasteiger partial charge >= 0.3 is 21.1 Å². The second-order valence-corrected chi connectivity index (χ2v) is 4.41. The predicted molar refractivity (Wildman–Crippen MR) is 80.9 cm³/mol. The van der Waals surface area contributed by atoms with Crippen LogP contribution in [0.25, 0.3) is 11.1 Å². The maximum absolute atomic E-state index is 13.9. The molecule has 0 radical (unpaired) electrons. The summed E-state index contributed by atoms with van der Waals surface area (Å²) >= 11 is 0. The van der Waals surface area contributed by atoms with Crippen LogP contribution in [-0.4, -0.2) is 13.2 Å². The van der Waals surface area contributed by atoms with Gasteiger partial charge in [0.2, 0.25) is 0 Å². The van der Waals surface area contributed by atoms with Gasteiger partial charge in [0.1, 0.15) is 0 Å². The third-order valence-corrected chi connectivity index (χ3v) is 2.89. The molecule has 0 aliphatic rings. The molecule has 2 nitrogen and oxygen atoms in total. The van der Waals surface area contributed by atoms with E-state index in [1.807, 2.05) is 13.0 Å². The van der Waals surface area contributed by atoms with E-state index in [-0.39, 0.29) is 39.2 Å². The zero-order valence-electron chi connectivity index (χ0n) is 12.9. The number of ether oxygens (including phenoxy) is 2. The van der Waals surface area contributed by atoms with Crippen LogP contribution < -0.4 is 9.47 Å². The van der Waals surface area contributed by atoms with E-state index in [9.17, 15) is 8.78 Å². The summed E-state index contributed by atoms with van der Waals surface area (Å²) < 4.78 is 38.1. The molecule has 0 aliphatic carbocycles. The van der Waals surface area contributed by atoms with Crippen LogP contribution in [0.15, 0.2) is 36.4 Å². The Kier molecular flexibility index (Phi) is 7.97. The van der Waals surface area contributed by atoms with Gasteiger partial charge in [-0.15, -0.1) is 12.1 Å². The average molecular weight is 486 g/mol. The van der Waals surface area contributed by atoms with Crippen molar-refractivity contribution in [1.29, 1.82) is 0 Å². The van der Waals surface area contributed by atoms with E-state index in [1.54, 1.807) is 25.1 Å². The van der Waals surface area contributed by atoms with Gasteiger partial charge in [0.25, 0.3) is 0 Å². The van der Waals surface area contributed by atoms with E-state index >= 15 is 0 Å². The molecular weight excluding hydrogens is 470 g/mol. The largest absolute Gasteiger partial charge is 2.00 e. The normalized spacial score (nSPS) is 10.4. The number of allylic oxidation sites excluding steroid dienone is 1. The van der Waals surface area contributed by atoms with Gasteiger partial charge < -0.3 is 9.47 Å². The molecule has 2 aromatic rings. The van der Waals surface area contributed by atoms with E-state index in [4.69, 9.17) is 9.47 Å². The van der Waals surface area contributed by atoms with Crippen molar-refractivity contribution in [1.82, 2.24) is 0 Å². The van der Waals surface area contributed by atoms with Crippen molar-refractivity contribution < 1.29 is 39.3 Å². The first-order chi connectivity index (χ1) is 10.7. The summed E-state index contributed by atoms with van der Waals surface area (Å²) in [6.07, 6.45) is 3.58. The van der Waals surface area contributed by atoms with Crippen LogP contribution in [0.5, 0.6) is 11.5 Å². The molecule has 0 saturated heterocycles. The number of hydrogen-bond donors (Lipinski definition) is 0. The second kappa shape index (κ2) is 9.46. The topological polar surface area (TPSA) is 18.5 Å². The maximum atomic E-state index is 13.9. The third kappa shape index (κ3) is 5.17. The number of halogens is 2. The van der Waals surface area contributed by atoms with Gasteiger partial charge in [-0.1, -0.05) is 12.2 Å². The van der Waals surface area contributed by atoms with Gasteiger partial charge in [-0.05, 0) is 13.8 Å². The van der Waals surface area contributed by atoms with Crippen molar-refractivity contribution in [2.24, 2.45) is 0 Å². The SMILES string of the molecule is C/C=C/COc1ccc(-c2[c-]c(F)c(OCC)cc2)[c-]c1F.[W+2]. The summed E-state index contributed by atoms with van der Waals surface area (Å²) in [5, 5.41) is 0. The van der Waals surface area contributed by atoms with Crippen LogP contribution in [-0.2, 0) is 21.1 Å². The molecule has 23 heavy (non-hydrogen) atoms. The molecule has 120 valence electrons. The molecule has 2 rings (SSSR count). The Labute approximate surface area is 149 Å². The minimum Gasteiger partial charge on any atom is -0.534 e. The number of hydrogen-bond acceptors (Lipinski definition) is 2. The zero-order valence-corrected chi connectivity index (χ0v) is 15.8. The van der Waals surface area contributed by atoms with Gasteiger partial charge in [0.05, 0.1) is 36.3 Å². The average Bonchev–Trinajstić information content (AvgIpc) is 2.51. The Balaban J connectivity index is 0.00000264. The van der Waals surface area contributed by atoms with Gasteiger partial charge in [-0.25, -0.2) is 19.9 Å². The van der Waals surface area contributed by atoms with Gasteiger partial charge in [-0.2, -0.15) is 24.3 Å². The Hall–Kier alpha value is -1.67. The predicted octanol–water partition coefficient (Wildman–Crippen LogP) is 4.58. The standard InChI is InChI=1S/C18H16F2O2.W/c1-3-5-10-22-18-9-7-14(12-16(18)20)13-6-8-17(21-4-2)15(19)11-13;/h3,5-9H,4,10H2,1-2H3;/q-2;+2/b5-3+;. The molecule has 2 aromatic carbocycles. The molecule has 0 aromatic heterocycles. The summed E-state index contributed by atoms with van der Waals surface area (Å²) in [4.78, 5) is 0. The van der Waals surface area contributed by atoms with Crippen molar-refractivity contribution in [2.45, 2.75) is 13.8 Å². The van der Waals surface area contributed by atoms with Crippen LogP contribution in [0.2, 0.25) is 0 Å². The maximum Gasteiger partial charge on any atom is 2.00 e. The van der Waals surface area contributed by atoms with Crippen LogP contribution in [0, 0.1) is 23.8 Å². The van der Waals surface area contributed by atoms with Crippen molar-refractivity contribution in [3.63, 3.8) is 0 Å². The Morgan fingerprint density at radius 1 is 0.957 bits per heavy atom. The molecule has 0 aliphatic heterocycles. The van der Waals surface area contributed by atoms with Crippen molar-refractivity contribution in [3.8, 4) is 22.6 Å². The van der Waals surface area contributed by atoms with Gasteiger partial charge in [0, 0.05) is 0 Å². The Morgan fingerprint density at radius 2 is 1.48 bits per heavy atom. The van der Waals surface area contributed by atoms with Gasteiger partial charge in [0.15, 0.2) is 0 Å². The van der Waals surface area contributed by atoms with Crippen LogP contribution >= 0.6 is 0 Å². The molecule has 0 atom stereocenters. The molecule has 0 amide bonds. The summed E-state index contributed by atoms with van der Waals surface area (Å²) in [6.45, 7) is 4.27. The fourth-order valence-corrected chi connectivity index (χ4v) is 1.83. The van der Waals surface area contributed by atoms with Crippen molar-refractivity contribution in [2.75, 3.05) is 13.2 Å². The smallest absolute Gasteiger partial charge is 0.534 e. The molecule has 0 unspecified atom stereocenters. The summed E-state index contributed by atoms with van der Waals surface area (Å²) in [5.41, 5.74) is 0.803. The fraction of sp³-hybridized carbons (Fsp3) is 0.222. The first-order valence-electron chi connectivity index (χ1n) is 6.96. The van der Waals surface area contributed by atoms with Gasteiger partial charge in [-0.3, -0.25) is 0 Å². The summed E-state index contributed by atoms with van der Waals surface area (Å²) in [6, 6.07) is 11.3. The molecule has 5 heteroatoms. The van der Waals surface area contributed by atoms with Crippen LogP contribution in [0.1, 0.15) is 13.8 Å². The van der Waals surface area contributed by atoms with Crippen molar-refractivity contribution in [3.05, 3.63) is 60.2 Å². The molecule has 0 fully saturated rings. The zero-order chi connectivity index (χ0) is 15.9. The summed E-state index contributed by atoms with van der Waals surface area (Å²) in [7, 11) is 0. The fourth-order valence-electron chi connectivity index (χ4n) is 1.83. The van der Waals surface area contributed by atoms with Crippen molar-refractivity contribution >= 4 is 0 Å². The third-order valence-electron chi connectivity index (χ3n) is 2.89. The summed E-state index contributed by atoms with van der Waals surface area (Å²) in [5.74, 6) is -1.00. The number of benzene rings is 2. The Bertz CT molecular complexity index is 672. The quantitative estimate of drug-likeness (QED) is 0.440. The Morgan fingerprint density at radius 3 is 1.91 bits per heavy atom.